The van der Waals surface area contributed by atoms with Crippen LogP contribution in [-0.2, 0) is 6.54 Å². The molecule has 5 rings (SSSR count). The molecule has 33 heavy (non-hydrogen) atoms. The van der Waals surface area contributed by atoms with Crippen LogP contribution in [0.15, 0.2) is 85.2 Å². The molecule has 5 aromatic rings. The predicted octanol–water partition coefficient (Wildman–Crippen LogP) is 6.40. The van der Waals surface area contributed by atoms with Crippen LogP contribution >= 0.6 is 0 Å². The summed E-state index contributed by atoms with van der Waals surface area (Å²) in [5.74, 6) is -0.341. The predicted molar refractivity (Wildman–Crippen MR) is 121 cm³/mol. The number of aromatic hydroxyl groups is 1. The van der Waals surface area contributed by atoms with Gasteiger partial charge in [-0.25, -0.2) is 0 Å². The van der Waals surface area contributed by atoms with E-state index in [1.54, 1.807) is 12.4 Å². The van der Waals surface area contributed by atoms with Gasteiger partial charge >= 0.3 is 6.36 Å². The molecule has 0 atom stereocenters. The number of benzene rings is 3. The van der Waals surface area contributed by atoms with Crippen molar-refractivity contribution in [2.75, 3.05) is 5.32 Å². The minimum absolute atomic E-state index is 0.0165. The lowest BCUT2D eigenvalue weighted by molar-refractivity contribution is -0.274. The Bertz CT molecular complexity index is 1440. The summed E-state index contributed by atoms with van der Waals surface area (Å²) >= 11 is 0. The number of rotatable bonds is 5. The summed E-state index contributed by atoms with van der Waals surface area (Å²) < 4.78 is 42.7. The Morgan fingerprint density at radius 2 is 1.73 bits per heavy atom. The molecule has 0 fully saturated rings. The molecular weight excluding hydrogens is 431 g/mol. The van der Waals surface area contributed by atoms with Crippen LogP contribution in [-0.4, -0.2) is 21.0 Å². The molecule has 3 aromatic carbocycles. The molecule has 0 spiro atoms. The average molecular weight is 449 g/mol. The molecule has 2 N–H and O–H groups in total. The van der Waals surface area contributed by atoms with Crippen LogP contribution in [0, 0.1) is 0 Å². The Morgan fingerprint density at radius 3 is 2.52 bits per heavy atom. The van der Waals surface area contributed by atoms with Crippen molar-refractivity contribution in [2.24, 2.45) is 0 Å². The molecule has 0 saturated heterocycles. The van der Waals surface area contributed by atoms with Crippen molar-refractivity contribution >= 4 is 27.4 Å². The summed E-state index contributed by atoms with van der Waals surface area (Å²) in [5, 5.41) is 16.8. The maximum atomic E-state index is 12.4. The number of alkyl halides is 3. The van der Waals surface area contributed by atoms with Crippen molar-refractivity contribution in [3.8, 4) is 17.3 Å². The minimum Gasteiger partial charge on any atom is -0.494 e. The normalized spacial score (nSPS) is 11.7. The van der Waals surface area contributed by atoms with E-state index in [4.69, 9.17) is 0 Å². The van der Waals surface area contributed by atoms with E-state index in [-0.39, 0.29) is 11.6 Å². The maximum absolute atomic E-state index is 12.4. The Balaban J connectivity index is 1.46. The summed E-state index contributed by atoms with van der Waals surface area (Å²) in [6, 6.07) is 20.8. The SMILES string of the molecule is Oc1c2c(NCc3ccnc4ccccc34)cccc2cn1-c1ccc(OC(F)(F)F)cc1. The molecule has 0 bridgehead atoms. The highest BCUT2D eigenvalue weighted by Gasteiger charge is 2.31. The highest BCUT2D eigenvalue weighted by atomic mass is 19.4. The standard InChI is InChI=1S/C25H18F3N3O2/c26-25(27,28)33-19-10-8-18(9-11-19)31-15-17-4-3-7-22(23(17)24(31)32)30-14-16-12-13-29-21-6-2-1-5-20(16)21/h1-13,15,30,32H,14H2. The van der Waals surface area contributed by atoms with Gasteiger partial charge < -0.3 is 15.2 Å². The molecule has 0 saturated carbocycles. The summed E-state index contributed by atoms with van der Waals surface area (Å²) in [7, 11) is 0. The zero-order valence-electron chi connectivity index (χ0n) is 17.2. The fraction of sp³-hybridized carbons (Fsp3) is 0.0800. The van der Waals surface area contributed by atoms with Crippen LogP contribution in [0.2, 0.25) is 0 Å². The second-order valence-electron chi connectivity index (χ2n) is 7.47. The zero-order valence-corrected chi connectivity index (χ0v) is 17.2. The fourth-order valence-corrected chi connectivity index (χ4v) is 3.90. The summed E-state index contributed by atoms with van der Waals surface area (Å²) in [6.07, 6.45) is -1.26. The summed E-state index contributed by atoms with van der Waals surface area (Å²) in [4.78, 5) is 4.38. The van der Waals surface area contributed by atoms with Gasteiger partial charge in [-0.1, -0.05) is 30.3 Å². The van der Waals surface area contributed by atoms with Crippen molar-refractivity contribution in [1.82, 2.24) is 9.55 Å². The minimum atomic E-state index is -4.76. The molecule has 166 valence electrons. The van der Waals surface area contributed by atoms with Gasteiger partial charge in [0, 0.05) is 41.1 Å². The van der Waals surface area contributed by atoms with Gasteiger partial charge in [0.15, 0.2) is 0 Å². The highest BCUT2D eigenvalue weighted by molar-refractivity contribution is 5.99. The van der Waals surface area contributed by atoms with Gasteiger partial charge in [0.1, 0.15) is 5.75 Å². The average Bonchev–Trinajstić information content (AvgIpc) is 3.14. The van der Waals surface area contributed by atoms with Gasteiger partial charge in [0.2, 0.25) is 5.88 Å². The summed E-state index contributed by atoms with van der Waals surface area (Å²) in [6.45, 7) is 0.524. The molecule has 0 aliphatic rings. The zero-order chi connectivity index (χ0) is 23.0. The van der Waals surface area contributed by atoms with Gasteiger partial charge in [0.05, 0.1) is 10.9 Å². The maximum Gasteiger partial charge on any atom is 0.573 e. The molecule has 8 heteroatoms. The topological polar surface area (TPSA) is 59.3 Å². The van der Waals surface area contributed by atoms with Crippen LogP contribution in [0.5, 0.6) is 11.6 Å². The first-order chi connectivity index (χ1) is 15.9. The third-order valence-corrected chi connectivity index (χ3v) is 5.37. The van der Waals surface area contributed by atoms with E-state index < -0.39 is 6.36 Å². The number of hydrogen-bond acceptors (Lipinski definition) is 4. The Labute approximate surface area is 186 Å². The molecule has 0 radical (unpaired) electrons. The van der Waals surface area contributed by atoms with Gasteiger partial charge in [-0.05, 0) is 48.0 Å². The van der Waals surface area contributed by atoms with E-state index in [2.05, 4.69) is 15.0 Å². The largest absolute Gasteiger partial charge is 0.573 e. The van der Waals surface area contributed by atoms with E-state index in [0.717, 1.165) is 27.5 Å². The first-order valence-corrected chi connectivity index (χ1v) is 10.1. The van der Waals surface area contributed by atoms with Crippen LogP contribution in [0.1, 0.15) is 5.56 Å². The summed E-state index contributed by atoms with van der Waals surface area (Å²) in [5.41, 5.74) is 3.21. The number of hydrogen-bond donors (Lipinski definition) is 2. The molecule has 2 aromatic heterocycles. The molecule has 0 aliphatic carbocycles. The first-order valence-electron chi connectivity index (χ1n) is 10.1. The number of ether oxygens (including phenoxy) is 1. The number of nitrogens with zero attached hydrogens (tertiary/aromatic N) is 2. The van der Waals surface area contributed by atoms with Gasteiger partial charge in [-0.15, -0.1) is 13.2 Å². The number of pyridine rings is 1. The van der Waals surface area contributed by atoms with E-state index in [1.807, 2.05) is 48.5 Å². The van der Waals surface area contributed by atoms with Crippen molar-refractivity contribution in [2.45, 2.75) is 12.9 Å². The van der Waals surface area contributed by atoms with E-state index >= 15 is 0 Å². The van der Waals surface area contributed by atoms with Crippen LogP contribution in [0.25, 0.3) is 27.4 Å². The van der Waals surface area contributed by atoms with Gasteiger partial charge in [-0.2, -0.15) is 0 Å². The van der Waals surface area contributed by atoms with Crippen LogP contribution in [0.3, 0.4) is 0 Å². The monoisotopic (exact) mass is 449 g/mol. The number of nitrogens with one attached hydrogen (secondary N) is 1. The van der Waals surface area contributed by atoms with Crippen molar-refractivity contribution in [3.63, 3.8) is 0 Å². The lowest BCUT2D eigenvalue weighted by Crippen LogP contribution is -2.17. The molecular formula is C25H18F3N3O2. The fourth-order valence-electron chi connectivity index (χ4n) is 3.90. The van der Waals surface area contributed by atoms with Crippen molar-refractivity contribution < 1.29 is 23.0 Å². The number of halogens is 3. The number of para-hydroxylation sites is 1. The van der Waals surface area contributed by atoms with Crippen LogP contribution < -0.4 is 10.1 Å². The number of anilines is 1. The second kappa shape index (κ2) is 8.05. The molecule has 0 unspecified atom stereocenters. The van der Waals surface area contributed by atoms with E-state index in [9.17, 15) is 18.3 Å². The van der Waals surface area contributed by atoms with Gasteiger partial charge in [-0.3, -0.25) is 9.55 Å². The third kappa shape index (κ3) is 4.15. The first kappa shape index (κ1) is 20.7. The third-order valence-electron chi connectivity index (χ3n) is 5.37. The quantitative estimate of drug-likeness (QED) is 0.326. The van der Waals surface area contributed by atoms with Crippen molar-refractivity contribution in [3.05, 3.63) is 90.8 Å². The van der Waals surface area contributed by atoms with Gasteiger partial charge in [0.25, 0.3) is 0 Å². The lowest BCUT2D eigenvalue weighted by Gasteiger charge is -2.11. The molecule has 0 aliphatic heterocycles. The molecule has 0 amide bonds. The number of fused-ring (bicyclic) bond motifs is 2. The molecule has 2 heterocycles. The Morgan fingerprint density at radius 1 is 0.939 bits per heavy atom. The Kier molecular flexibility index (Phi) is 5.05. The highest BCUT2D eigenvalue weighted by Crippen LogP contribution is 2.36. The smallest absolute Gasteiger partial charge is 0.494 e. The molecule has 5 nitrogen and oxygen atoms in total. The lowest BCUT2D eigenvalue weighted by atomic mass is 10.1. The van der Waals surface area contributed by atoms with Crippen molar-refractivity contribution in [1.29, 1.82) is 0 Å². The number of aromatic nitrogens is 2. The Hall–Kier alpha value is -4.20. The van der Waals surface area contributed by atoms with Crippen LogP contribution in [0.4, 0.5) is 18.9 Å². The van der Waals surface area contributed by atoms with E-state index in [0.29, 0.717) is 17.6 Å². The second-order valence-corrected chi connectivity index (χ2v) is 7.47. The van der Waals surface area contributed by atoms with E-state index in [1.165, 1.54) is 28.8 Å².